The van der Waals surface area contributed by atoms with Crippen molar-refractivity contribution in [3.05, 3.63) is 70.3 Å². The van der Waals surface area contributed by atoms with Gasteiger partial charge in [0.2, 0.25) is 10.0 Å². The zero-order valence-corrected chi connectivity index (χ0v) is 24.0. The fourth-order valence-electron chi connectivity index (χ4n) is 7.43. The summed E-state index contributed by atoms with van der Waals surface area (Å²) in [5.41, 5.74) is 3.37. The first-order chi connectivity index (χ1) is 19.2. The first-order valence-electron chi connectivity index (χ1n) is 14.4. The number of nitrogens with zero attached hydrogens (tertiary/aromatic N) is 1. The van der Waals surface area contributed by atoms with Gasteiger partial charge < -0.3 is 14.7 Å². The van der Waals surface area contributed by atoms with E-state index in [0.29, 0.717) is 30.4 Å². The van der Waals surface area contributed by atoms with Crippen molar-refractivity contribution >= 4 is 33.2 Å². The zero-order chi connectivity index (χ0) is 27.6. The number of hydrogen-bond donors (Lipinski definition) is 2. The van der Waals surface area contributed by atoms with Crippen LogP contribution in [0.25, 0.3) is 0 Å². The highest BCUT2D eigenvalue weighted by molar-refractivity contribution is 7.90. The molecular formula is C31H35ClN2O5S. The molecule has 2 saturated carbocycles. The highest BCUT2D eigenvalue weighted by atomic mass is 35.5. The smallest absolute Gasteiger partial charge is 0.264 e. The number of carbonyl (C=O) groups excluding carboxylic acids is 1. The molecule has 1 spiro atoms. The highest BCUT2D eigenvalue weighted by Crippen LogP contribution is 2.47. The van der Waals surface area contributed by atoms with Crippen molar-refractivity contribution < 1.29 is 23.1 Å². The molecule has 2 bridgehead atoms. The number of carbonyl (C=O) groups is 1. The Balaban J connectivity index is 1.29. The summed E-state index contributed by atoms with van der Waals surface area (Å²) < 4.78 is 34.4. The van der Waals surface area contributed by atoms with E-state index in [9.17, 15) is 18.3 Å². The number of rotatable bonds is 0. The van der Waals surface area contributed by atoms with Crippen LogP contribution in [0, 0.1) is 23.7 Å². The van der Waals surface area contributed by atoms with Crippen LogP contribution >= 0.6 is 11.6 Å². The number of ether oxygens (including phenoxy) is 1. The maximum atomic E-state index is 13.2. The van der Waals surface area contributed by atoms with Crippen LogP contribution in [0.4, 0.5) is 5.69 Å². The van der Waals surface area contributed by atoms with Gasteiger partial charge >= 0.3 is 0 Å². The molecule has 9 heteroatoms. The third-order valence-electron chi connectivity index (χ3n) is 9.88. The molecule has 40 heavy (non-hydrogen) atoms. The van der Waals surface area contributed by atoms with Crippen LogP contribution in [0.1, 0.15) is 53.6 Å². The van der Waals surface area contributed by atoms with Crippen molar-refractivity contribution in [2.24, 2.45) is 23.7 Å². The number of aryl methyl sites for hydroxylation is 1. The Morgan fingerprint density at radius 1 is 1.10 bits per heavy atom. The van der Waals surface area contributed by atoms with E-state index in [1.165, 1.54) is 11.1 Å². The average Bonchev–Trinajstić information content (AvgIpc) is 3.65. The summed E-state index contributed by atoms with van der Waals surface area (Å²) in [6.45, 7) is 1.94. The van der Waals surface area contributed by atoms with E-state index in [1.807, 2.05) is 18.2 Å². The third kappa shape index (κ3) is 4.82. The standard InChI is InChI=1S/C31H35ClN2O5S/c32-24-6-8-26-20(13-24)2-1-11-31(26)17-34-15-22-3-7-25(22)28(35)9-4-19-12-23(19)16-40(37,38)33-30(36)21-5-10-29(39-18-31)27(34)14-21/h4-6,8-10,13-14,19,22-23,25,28,35H,1-3,7,11-12,15-18H2,(H,33,36)/b9-4+/t19-,22+,23-,25-,28+,31+/m1/s1. The monoisotopic (exact) mass is 582 g/mol. The summed E-state index contributed by atoms with van der Waals surface area (Å²) in [7, 11) is -3.79. The predicted molar refractivity (Wildman–Crippen MR) is 154 cm³/mol. The van der Waals surface area contributed by atoms with Crippen molar-refractivity contribution in [3.63, 3.8) is 0 Å². The molecule has 0 aromatic heterocycles. The van der Waals surface area contributed by atoms with E-state index >= 15 is 0 Å². The molecule has 2 heterocycles. The first-order valence-corrected chi connectivity index (χ1v) is 16.4. The van der Waals surface area contributed by atoms with E-state index in [4.69, 9.17) is 16.3 Å². The molecule has 2 aromatic carbocycles. The Hall–Kier alpha value is -2.55. The van der Waals surface area contributed by atoms with Crippen molar-refractivity contribution in [1.29, 1.82) is 0 Å². The number of hydrogen-bond acceptors (Lipinski definition) is 6. The Morgan fingerprint density at radius 2 is 1.98 bits per heavy atom. The van der Waals surface area contributed by atoms with Crippen molar-refractivity contribution in [1.82, 2.24) is 4.72 Å². The number of anilines is 1. The van der Waals surface area contributed by atoms with Crippen LogP contribution in [0.2, 0.25) is 5.02 Å². The van der Waals surface area contributed by atoms with Gasteiger partial charge in [-0.3, -0.25) is 4.79 Å². The molecule has 6 atom stereocenters. The summed E-state index contributed by atoms with van der Waals surface area (Å²) in [5, 5.41) is 11.8. The second-order valence-electron chi connectivity index (χ2n) is 12.5. The summed E-state index contributed by atoms with van der Waals surface area (Å²) in [6.07, 6.45) is 9.04. The molecule has 0 saturated heterocycles. The normalized spacial score (nSPS) is 35.1. The largest absolute Gasteiger partial charge is 0.490 e. The van der Waals surface area contributed by atoms with Crippen LogP contribution in [-0.2, 0) is 21.9 Å². The number of benzene rings is 2. The molecule has 5 aliphatic rings. The molecule has 2 fully saturated rings. The number of allylic oxidation sites excluding steroid dienone is 1. The summed E-state index contributed by atoms with van der Waals surface area (Å²) in [6, 6.07) is 11.4. The summed E-state index contributed by atoms with van der Waals surface area (Å²) in [5.74, 6) is 0.531. The lowest BCUT2D eigenvalue weighted by atomic mass is 9.68. The minimum atomic E-state index is -3.79. The molecule has 1 amide bonds. The van der Waals surface area contributed by atoms with Gasteiger partial charge in [-0.25, -0.2) is 13.1 Å². The Morgan fingerprint density at radius 3 is 2.80 bits per heavy atom. The Kier molecular flexibility index (Phi) is 6.44. The number of fused-ring (bicyclic) bond motifs is 5. The van der Waals surface area contributed by atoms with Crippen LogP contribution < -0.4 is 14.4 Å². The first kappa shape index (κ1) is 26.4. The zero-order valence-electron chi connectivity index (χ0n) is 22.4. The maximum absolute atomic E-state index is 13.2. The predicted octanol–water partition coefficient (Wildman–Crippen LogP) is 4.47. The van der Waals surface area contributed by atoms with Gasteiger partial charge in [-0.2, -0.15) is 0 Å². The minimum Gasteiger partial charge on any atom is -0.490 e. The van der Waals surface area contributed by atoms with Crippen molar-refractivity contribution in [3.8, 4) is 5.75 Å². The number of amides is 1. The molecular weight excluding hydrogens is 548 g/mol. The van der Waals surface area contributed by atoms with Crippen LogP contribution in [0.3, 0.4) is 0 Å². The fourth-order valence-corrected chi connectivity index (χ4v) is 9.06. The average molecular weight is 583 g/mol. The highest BCUT2D eigenvalue weighted by Gasteiger charge is 2.45. The van der Waals surface area contributed by atoms with Gasteiger partial charge in [0.1, 0.15) is 5.75 Å². The molecule has 2 aliphatic heterocycles. The third-order valence-corrected chi connectivity index (χ3v) is 11.5. The van der Waals surface area contributed by atoms with Gasteiger partial charge in [0.25, 0.3) is 5.91 Å². The summed E-state index contributed by atoms with van der Waals surface area (Å²) in [4.78, 5) is 15.5. The topological polar surface area (TPSA) is 95.9 Å². The molecule has 0 radical (unpaired) electrons. The Labute approximate surface area is 240 Å². The molecule has 7 rings (SSSR count). The maximum Gasteiger partial charge on any atom is 0.264 e. The molecule has 212 valence electrons. The van der Waals surface area contributed by atoms with Gasteiger partial charge in [0, 0.05) is 29.1 Å². The molecule has 3 aliphatic carbocycles. The molecule has 7 nitrogen and oxygen atoms in total. The van der Waals surface area contributed by atoms with Crippen LogP contribution in [0.5, 0.6) is 5.75 Å². The number of aliphatic hydroxyl groups excluding tert-OH is 1. The second kappa shape index (κ2) is 9.78. The quantitative estimate of drug-likeness (QED) is 0.445. The minimum absolute atomic E-state index is 0.0285. The molecule has 0 unspecified atom stereocenters. The van der Waals surface area contributed by atoms with Gasteiger partial charge in [-0.15, -0.1) is 0 Å². The molecule has 2 aromatic rings. The van der Waals surface area contributed by atoms with E-state index in [-0.39, 0.29) is 28.9 Å². The second-order valence-corrected chi connectivity index (χ2v) is 14.7. The van der Waals surface area contributed by atoms with Crippen LogP contribution in [0.15, 0.2) is 48.6 Å². The van der Waals surface area contributed by atoms with Gasteiger partial charge in [0.05, 0.1) is 24.2 Å². The van der Waals surface area contributed by atoms with Crippen molar-refractivity contribution in [2.75, 3.05) is 30.3 Å². The number of nitrogens with one attached hydrogen (secondary N) is 1. The fraction of sp³-hybridized carbons (Fsp3) is 0.516. The van der Waals surface area contributed by atoms with E-state index in [1.54, 1.807) is 18.2 Å². The van der Waals surface area contributed by atoms with Crippen LogP contribution in [-0.4, -0.2) is 51.0 Å². The van der Waals surface area contributed by atoms with Gasteiger partial charge in [-0.05, 0) is 104 Å². The van der Waals surface area contributed by atoms with E-state index < -0.39 is 22.0 Å². The van der Waals surface area contributed by atoms with Gasteiger partial charge in [-0.1, -0.05) is 29.8 Å². The number of sulfonamides is 1. The van der Waals surface area contributed by atoms with E-state index in [2.05, 4.69) is 21.8 Å². The van der Waals surface area contributed by atoms with E-state index in [0.717, 1.165) is 55.8 Å². The van der Waals surface area contributed by atoms with Gasteiger partial charge in [0.15, 0.2) is 0 Å². The lowest BCUT2D eigenvalue weighted by molar-refractivity contribution is 0.0455. The SMILES string of the molecule is O=C1NS(=O)(=O)C[C@H]2C[C@H]2/C=C/[C@H](O)[C@@H]2CC[C@H]2CN2C[C@@]3(CCCc4cc(Cl)ccc43)COc3ccc1cc32. The number of aliphatic hydroxyl groups is 1. The molecule has 2 N–H and O–H groups in total. The Bertz CT molecular complexity index is 1490. The lowest BCUT2D eigenvalue weighted by Gasteiger charge is -2.45. The lowest BCUT2D eigenvalue weighted by Crippen LogP contribution is -2.49. The van der Waals surface area contributed by atoms with Crippen molar-refractivity contribution in [2.45, 2.75) is 50.0 Å². The summed E-state index contributed by atoms with van der Waals surface area (Å²) >= 11 is 6.37. The number of halogens is 1.